The van der Waals surface area contributed by atoms with Crippen LogP contribution < -0.4 is 9.47 Å². The van der Waals surface area contributed by atoms with E-state index in [1.807, 2.05) is 73.4 Å². The Kier molecular flexibility index (Phi) is 11.1. The lowest BCUT2D eigenvalue weighted by molar-refractivity contribution is -0.0948. The minimum Gasteiger partial charge on any atom is -0.493 e. The summed E-state index contributed by atoms with van der Waals surface area (Å²) in [6.07, 6.45) is 4.47. The van der Waals surface area contributed by atoms with Crippen molar-refractivity contribution in [1.29, 1.82) is 0 Å². The number of benzene rings is 4. The maximum atomic E-state index is 12.9. The molecule has 10 heteroatoms. The molecule has 0 bridgehead atoms. The van der Waals surface area contributed by atoms with Crippen LogP contribution in [0.3, 0.4) is 0 Å². The molecule has 3 heterocycles. The maximum absolute atomic E-state index is 12.9. The molecule has 0 aliphatic carbocycles. The van der Waals surface area contributed by atoms with Crippen molar-refractivity contribution in [2.45, 2.75) is 44.5 Å². The van der Waals surface area contributed by atoms with Gasteiger partial charge in [-0.3, -0.25) is 4.68 Å². The van der Waals surface area contributed by atoms with E-state index in [4.69, 9.17) is 28.8 Å². The maximum Gasteiger partial charge on any atom is 0.352 e. The van der Waals surface area contributed by atoms with Crippen LogP contribution in [-0.4, -0.2) is 59.0 Å². The molecule has 0 amide bonds. The van der Waals surface area contributed by atoms with Gasteiger partial charge in [-0.2, -0.15) is 5.10 Å². The minimum absolute atomic E-state index is 0.193. The first-order valence-electron chi connectivity index (χ1n) is 18.4. The minimum atomic E-state index is -0.978. The van der Waals surface area contributed by atoms with Crippen LogP contribution in [-0.2, 0) is 53.5 Å². The predicted octanol–water partition coefficient (Wildman–Crippen LogP) is 8.38. The number of aryl methyl sites for hydroxylation is 3. The van der Waals surface area contributed by atoms with E-state index in [2.05, 4.69) is 36.9 Å². The number of aromatic carboxylic acids is 1. The van der Waals surface area contributed by atoms with Crippen molar-refractivity contribution in [3.63, 3.8) is 0 Å². The fourth-order valence-corrected chi connectivity index (χ4v) is 7.82. The van der Waals surface area contributed by atoms with Crippen LogP contribution in [0.25, 0.3) is 32.8 Å². The van der Waals surface area contributed by atoms with Gasteiger partial charge in [-0.05, 0) is 47.6 Å². The quantitative estimate of drug-likeness (QED) is 0.0783. The van der Waals surface area contributed by atoms with E-state index in [1.165, 1.54) is 0 Å². The van der Waals surface area contributed by atoms with Crippen LogP contribution in [0.15, 0.2) is 97.6 Å². The average molecular weight is 730 g/mol. The average Bonchev–Trinajstić information content (AvgIpc) is 3.68. The normalized spacial score (nSPS) is 14.1. The molecule has 1 fully saturated rings. The van der Waals surface area contributed by atoms with Gasteiger partial charge < -0.3 is 33.4 Å². The first-order chi connectivity index (χ1) is 26.3. The van der Waals surface area contributed by atoms with Gasteiger partial charge in [0.1, 0.15) is 29.5 Å². The second-order valence-corrected chi connectivity index (χ2v) is 13.6. The van der Waals surface area contributed by atoms with Crippen LogP contribution in [0.4, 0.5) is 0 Å². The third-order valence-corrected chi connectivity index (χ3v) is 10.5. The largest absolute Gasteiger partial charge is 0.493 e. The fraction of sp³-hybridized carbons (Fsp3) is 0.318. The van der Waals surface area contributed by atoms with E-state index in [0.29, 0.717) is 50.7 Å². The molecule has 54 heavy (non-hydrogen) atoms. The summed E-state index contributed by atoms with van der Waals surface area (Å²) in [6.45, 7) is 6.43. The highest BCUT2D eigenvalue weighted by Crippen LogP contribution is 2.39. The van der Waals surface area contributed by atoms with Gasteiger partial charge in [-0.25, -0.2) is 4.79 Å². The summed E-state index contributed by atoms with van der Waals surface area (Å²) in [4.78, 5) is 12.9. The van der Waals surface area contributed by atoms with Crippen molar-refractivity contribution in [3.8, 4) is 22.6 Å². The number of para-hydroxylation sites is 1. The third-order valence-electron chi connectivity index (χ3n) is 10.5. The first-order valence-corrected chi connectivity index (χ1v) is 18.4. The van der Waals surface area contributed by atoms with Crippen molar-refractivity contribution >= 4 is 27.6 Å². The van der Waals surface area contributed by atoms with E-state index in [9.17, 15) is 9.90 Å². The van der Waals surface area contributed by atoms with Gasteiger partial charge >= 0.3 is 5.97 Å². The number of carboxylic acid groups (broad SMARTS) is 1. The van der Waals surface area contributed by atoms with Gasteiger partial charge in [0.2, 0.25) is 0 Å². The first kappa shape index (κ1) is 36.9. The summed E-state index contributed by atoms with van der Waals surface area (Å²) in [5.74, 6) is 0.545. The number of rotatable bonds is 16. The smallest absolute Gasteiger partial charge is 0.352 e. The van der Waals surface area contributed by atoms with Gasteiger partial charge in [-0.1, -0.05) is 72.8 Å². The Morgan fingerprint density at radius 2 is 1.69 bits per heavy atom. The molecule has 0 spiro atoms. The number of nitrogens with zero attached hydrogens (tertiary/aromatic N) is 3. The van der Waals surface area contributed by atoms with Crippen molar-refractivity contribution < 1.29 is 33.6 Å². The van der Waals surface area contributed by atoms with E-state index >= 15 is 0 Å². The molecular weight excluding hydrogens is 682 g/mol. The molecule has 0 saturated carbocycles. The molecule has 1 saturated heterocycles. The number of aromatic nitrogens is 3. The highest BCUT2D eigenvalue weighted by Gasteiger charge is 2.34. The van der Waals surface area contributed by atoms with Crippen LogP contribution in [0.1, 0.15) is 52.3 Å². The predicted molar refractivity (Wildman–Crippen MR) is 209 cm³/mol. The molecule has 0 radical (unpaired) electrons. The van der Waals surface area contributed by atoms with Crippen molar-refractivity contribution in [2.24, 2.45) is 14.1 Å². The number of methoxy groups -OCH3 is 1. The van der Waals surface area contributed by atoms with Crippen molar-refractivity contribution in [3.05, 3.63) is 126 Å². The molecule has 0 unspecified atom stereocenters. The Bertz CT molecular complexity index is 2260. The highest BCUT2D eigenvalue weighted by molar-refractivity contribution is 6.04. The molecule has 0 atom stereocenters. The summed E-state index contributed by atoms with van der Waals surface area (Å²) in [5, 5.41) is 18.5. The van der Waals surface area contributed by atoms with Crippen molar-refractivity contribution in [2.75, 3.05) is 33.5 Å². The Morgan fingerprint density at radius 3 is 2.44 bits per heavy atom. The summed E-state index contributed by atoms with van der Waals surface area (Å²) >= 11 is 0. The number of fused-ring (bicyclic) bond motifs is 2. The summed E-state index contributed by atoms with van der Waals surface area (Å²) in [7, 11) is 5.46. The summed E-state index contributed by atoms with van der Waals surface area (Å²) < 4.78 is 33.8. The summed E-state index contributed by atoms with van der Waals surface area (Å²) in [6, 6.07) is 28.2. The monoisotopic (exact) mass is 729 g/mol. The zero-order chi connectivity index (χ0) is 37.7. The Labute approximate surface area is 315 Å². The molecule has 2 aromatic heterocycles. The molecule has 10 nitrogen and oxygen atoms in total. The Hall–Kier alpha value is -5.42. The number of ether oxygens (including phenoxy) is 5. The number of hydrogen-bond donors (Lipinski definition) is 1. The number of carboxylic acids is 1. The van der Waals surface area contributed by atoms with E-state index < -0.39 is 5.97 Å². The lowest BCUT2D eigenvalue weighted by Crippen LogP contribution is -2.35. The SMILES string of the molecule is C=CCOCc1c(-c2cccc3c(CCCOc4cccc5ccccc45)c(C(=O)O)n(C)c23)c(COc2ccc(C3(OC)CCOCC3)cc2)nn1C. The number of hydrogen-bond acceptors (Lipinski definition) is 7. The van der Waals surface area contributed by atoms with Gasteiger partial charge in [0.15, 0.2) is 0 Å². The third kappa shape index (κ3) is 7.24. The van der Waals surface area contributed by atoms with E-state index in [1.54, 1.807) is 17.8 Å². The van der Waals surface area contributed by atoms with Gasteiger partial charge in [0.05, 0.1) is 36.6 Å². The van der Waals surface area contributed by atoms with Crippen LogP contribution in [0.2, 0.25) is 0 Å². The molecular formula is C44H47N3O7. The second-order valence-electron chi connectivity index (χ2n) is 13.6. The van der Waals surface area contributed by atoms with Crippen LogP contribution in [0.5, 0.6) is 11.5 Å². The highest BCUT2D eigenvalue weighted by atomic mass is 16.5. The zero-order valence-corrected chi connectivity index (χ0v) is 31.2. The van der Waals surface area contributed by atoms with E-state index in [-0.39, 0.29) is 24.5 Å². The van der Waals surface area contributed by atoms with Crippen LogP contribution in [0, 0.1) is 0 Å². The lowest BCUT2D eigenvalue weighted by Gasteiger charge is -2.36. The Balaban J connectivity index is 1.19. The summed E-state index contributed by atoms with van der Waals surface area (Å²) in [5.41, 5.74) is 5.85. The van der Waals surface area contributed by atoms with Gasteiger partial charge in [-0.15, -0.1) is 6.58 Å². The Morgan fingerprint density at radius 1 is 0.944 bits per heavy atom. The topological polar surface area (TPSA) is 106 Å². The molecule has 1 N–H and O–H groups in total. The van der Waals surface area contributed by atoms with Gasteiger partial charge in [0, 0.05) is 69.2 Å². The zero-order valence-electron chi connectivity index (χ0n) is 31.2. The van der Waals surface area contributed by atoms with Crippen LogP contribution >= 0.6 is 0 Å². The fourth-order valence-electron chi connectivity index (χ4n) is 7.82. The molecule has 6 aromatic rings. The molecule has 1 aliphatic heterocycles. The van der Waals surface area contributed by atoms with Gasteiger partial charge in [0.25, 0.3) is 0 Å². The van der Waals surface area contributed by atoms with E-state index in [0.717, 1.165) is 68.2 Å². The molecule has 1 aliphatic rings. The molecule has 280 valence electrons. The molecule has 4 aromatic carbocycles. The lowest BCUT2D eigenvalue weighted by atomic mass is 9.86. The van der Waals surface area contributed by atoms with Crippen molar-refractivity contribution in [1.82, 2.24) is 14.3 Å². The number of carbonyl (C=O) groups is 1. The molecule has 7 rings (SSSR count). The second kappa shape index (κ2) is 16.3. The standard InChI is InChI=1S/C44H47N3O7/c1-5-24-52-29-38-40(37(45-47(38)3)28-54-32-20-18-31(19-21-32)44(50-4)22-26-51-27-23-44)36-15-9-14-34-35(42(43(48)49)46(2)41(34)36)16-10-25-53-39-17-8-12-30-11-6-7-13-33(30)39/h5-9,11-15,17-21H,1,10,16,22-29H2,2-4H3,(H,48,49).